The molecule has 0 aliphatic rings. The minimum atomic E-state index is -0.840. The number of hydrogen-bond acceptors (Lipinski definition) is 4. The van der Waals surface area contributed by atoms with Crippen molar-refractivity contribution in [2.24, 2.45) is 0 Å². The highest BCUT2D eigenvalue weighted by atomic mass is 16.6. The van der Waals surface area contributed by atoms with Crippen LogP contribution in [0.15, 0.2) is 54.7 Å². The van der Waals surface area contributed by atoms with E-state index in [4.69, 9.17) is 9.47 Å². The van der Waals surface area contributed by atoms with Crippen LogP contribution in [0, 0.1) is 6.92 Å². The number of rotatable bonds is 5. The van der Waals surface area contributed by atoms with Gasteiger partial charge < -0.3 is 19.8 Å². The Morgan fingerprint density at radius 3 is 2.69 bits per heavy atom. The molecule has 0 bridgehead atoms. The second-order valence-electron chi connectivity index (χ2n) is 6.05. The first-order valence-corrected chi connectivity index (χ1v) is 8.29. The van der Waals surface area contributed by atoms with Gasteiger partial charge in [0.15, 0.2) is 5.75 Å². The van der Waals surface area contributed by atoms with Gasteiger partial charge in [-0.05, 0) is 31.5 Å². The van der Waals surface area contributed by atoms with Crippen molar-refractivity contribution in [1.29, 1.82) is 0 Å². The van der Waals surface area contributed by atoms with Crippen LogP contribution >= 0.6 is 0 Å². The molecule has 2 aromatic carbocycles. The number of amides is 1. The Hall–Kier alpha value is -3.28. The predicted octanol–water partition coefficient (Wildman–Crippen LogP) is 3.70. The Bertz CT molecular complexity index is 918. The Labute approximate surface area is 151 Å². The molecule has 6 heteroatoms. The van der Waals surface area contributed by atoms with Crippen molar-refractivity contribution >= 4 is 23.0 Å². The molecular formula is C20H20N2O4. The fourth-order valence-corrected chi connectivity index (χ4v) is 2.49. The first-order valence-electron chi connectivity index (χ1n) is 8.29. The number of carbonyl (C=O) groups excluding carboxylic acids is 2. The maximum absolute atomic E-state index is 12.2. The van der Waals surface area contributed by atoms with Gasteiger partial charge in [-0.15, -0.1) is 0 Å². The molecule has 6 nitrogen and oxygen atoms in total. The summed E-state index contributed by atoms with van der Waals surface area (Å²) >= 11 is 0. The standard InChI is InChI=1S/C20H20N2O4/c1-13-8-9-17-16(10-13)18(11-21-17)26-19(23)14(2)22-20(24)25-12-15-6-4-3-5-7-15/h3-11,14,21H,12H2,1-2H3,(H,22,24)/t14-/m0/s1. The highest BCUT2D eigenvalue weighted by Gasteiger charge is 2.20. The maximum atomic E-state index is 12.2. The molecule has 3 rings (SSSR count). The molecule has 0 aliphatic carbocycles. The fourth-order valence-electron chi connectivity index (χ4n) is 2.49. The van der Waals surface area contributed by atoms with Crippen LogP contribution in [0.2, 0.25) is 0 Å². The van der Waals surface area contributed by atoms with Crippen molar-refractivity contribution in [3.63, 3.8) is 0 Å². The van der Waals surface area contributed by atoms with Crippen molar-refractivity contribution in [3.8, 4) is 5.75 Å². The molecule has 1 amide bonds. The van der Waals surface area contributed by atoms with Crippen LogP contribution in [0.5, 0.6) is 5.75 Å². The van der Waals surface area contributed by atoms with Crippen molar-refractivity contribution in [1.82, 2.24) is 10.3 Å². The van der Waals surface area contributed by atoms with Gasteiger partial charge in [-0.2, -0.15) is 0 Å². The van der Waals surface area contributed by atoms with E-state index in [0.29, 0.717) is 5.75 Å². The second kappa shape index (κ2) is 7.74. The highest BCUT2D eigenvalue weighted by Crippen LogP contribution is 2.26. The van der Waals surface area contributed by atoms with Crippen molar-refractivity contribution in [2.45, 2.75) is 26.5 Å². The maximum Gasteiger partial charge on any atom is 0.408 e. The third-order valence-electron chi connectivity index (χ3n) is 3.91. The summed E-state index contributed by atoms with van der Waals surface area (Å²) in [6.45, 7) is 3.65. The number of fused-ring (bicyclic) bond motifs is 1. The molecule has 3 aromatic rings. The summed E-state index contributed by atoms with van der Waals surface area (Å²) in [4.78, 5) is 27.1. The van der Waals surface area contributed by atoms with Crippen LogP contribution in [0.1, 0.15) is 18.1 Å². The summed E-state index contributed by atoms with van der Waals surface area (Å²) in [5.41, 5.74) is 2.80. The lowest BCUT2D eigenvalue weighted by molar-refractivity contribution is -0.136. The van der Waals surface area contributed by atoms with Crippen LogP contribution in [0.4, 0.5) is 4.79 Å². The largest absolute Gasteiger partial charge is 0.445 e. The number of nitrogens with one attached hydrogen (secondary N) is 2. The normalized spacial score (nSPS) is 11.8. The molecule has 134 valence electrons. The minimum Gasteiger partial charge on any atom is -0.445 e. The van der Waals surface area contributed by atoms with Crippen LogP contribution in [-0.2, 0) is 16.1 Å². The van der Waals surface area contributed by atoms with Crippen molar-refractivity contribution < 1.29 is 19.1 Å². The second-order valence-corrected chi connectivity index (χ2v) is 6.05. The molecule has 0 unspecified atom stereocenters. The average Bonchev–Trinajstić information content (AvgIpc) is 3.02. The Morgan fingerprint density at radius 1 is 1.15 bits per heavy atom. The zero-order valence-corrected chi connectivity index (χ0v) is 14.6. The number of H-pyrrole nitrogens is 1. The summed E-state index contributed by atoms with van der Waals surface area (Å²) in [6, 6.07) is 14.3. The van der Waals surface area contributed by atoms with Crippen molar-refractivity contribution in [2.75, 3.05) is 0 Å². The third-order valence-corrected chi connectivity index (χ3v) is 3.91. The molecule has 0 spiro atoms. The summed E-state index contributed by atoms with van der Waals surface area (Å²) in [5.74, 6) is -0.135. The number of hydrogen-bond donors (Lipinski definition) is 2. The van der Waals surface area contributed by atoms with E-state index in [9.17, 15) is 9.59 Å². The molecule has 0 saturated heterocycles. The number of carbonyl (C=O) groups is 2. The van der Waals surface area contributed by atoms with Gasteiger partial charge in [0.05, 0.1) is 0 Å². The number of alkyl carbamates (subject to hydrolysis) is 1. The number of esters is 1. The summed E-state index contributed by atoms with van der Waals surface area (Å²) in [6.07, 6.45) is 0.954. The van der Waals surface area contributed by atoms with Gasteiger partial charge in [-0.3, -0.25) is 0 Å². The topological polar surface area (TPSA) is 80.4 Å². The number of ether oxygens (including phenoxy) is 2. The molecule has 26 heavy (non-hydrogen) atoms. The molecule has 2 N–H and O–H groups in total. The Balaban J connectivity index is 1.55. The number of benzene rings is 2. The number of aromatic amines is 1. The smallest absolute Gasteiger partial charge is 0.408 e. The zero-order valence-electron chi connectivity index (χ0n) is 14.6. The molecule has 0 saturated carbocycles. The van der Waals surface area contributed by atoms with E-state index in [2.05, 4.69) is 10.3 Å². The lowest BCUT2D eigenvalue weighted by Crippen LogP contribution is -2.41. The van der Waals surface area contributed by atoms with Crippen LogP contribution in [0.3, 0.4) is 0 Å². The first-order chi connectivity index (χ1) is 12.5. The summed E-state index contributed by atoms with van der Waals surface area (Å²) in [7, 11) is 0. The van der Waals surface area contributed by atoms with Gasteiger partial charge in [-0.25, -0.2) is 9.59 Å². The van der Waals surface area contributed by atoms with E-state index in [-0.39, 0.29) is 6.61 Å². The molecule has 1 heterocycles. The van der Waals surface area contributed by atoms with Gasteiger partial charge in [0.1, 0.15) is 12.6 Å². The lowest BCUT2D eigenvalue weighted by Gasteiger charge is -2.13. The van der Waals surface area contributed by atoms with Crippen LogP contribution < -0.4 is 10.1 Å². The van der Waals surface area contributed by atoms with Gasteiger partial charge in [-0.1, -0.05) is 42.0 Å². The molecule has 1 atom stereocenters. The summed E-state index contributed by atoms with van der Waals surface area (Å²) < 4.78 is 10.5. The first kappa shape index (κ1) is 17.5. The van der Waals surface area contributed by atoms with E-state index < -0.39 is 18.1 Å². The Morgan fingerprint density at radius 2 is 1.92 bits per heavy atom. The predicted molar refractivity (Wildman–Crippen MR) is 97.9 cm³/mol. The van der Waals surface area contributed by atoms with E-state index in [0.717, 1.165) is 22.0 Å². The lowest BCUT2D eigenvalue weighted by atomic mass is 10.2. The van der Waals surface area contributed by atoms with Gasteiger partial charge in [0.25, 0.3) is 0 Å². The molecule has 0 aliphatic heterocycles. The molecule has 0 radical (unpaired) electrons. The van der Waals surface area contributed by atoms with Gasteiger partial charge >= 0.3 is 12.1 Å². The fraction of sp³-hybridized carbons (Fsp3) is 0.200. The number of aryl methyl sites for hydroxylation is 1. The van der Waals surface area contributed by atoms with Crippen molar-refractivity contribution in [3.05, 3.63) is 65.9 Å². The molecular weight excluding hydrogens is 332 g/mol. The zero-order chi connectivity index (χ0) is 18.5. The summed E-state index contributed by atoms with van der Waals surface area (Å²) in [5, 5.41) is 3.29. The molecule has 1 aromatic heterocycles. The third kappa shape index (κ3) is 4.22. The van der Waals surface area contributed by atoms with Gasteiger partial charge in [0.2, 0.25) is 0 Å². The van der Waals surface area contributed by atoms with E-state index in [1.165, 1.54) is 0 Å². The minimum absolute atomic E-state index is 0.135. The van der Waals surface area contributed by atoms with E-state index in [1.54, 1.807) is 13.1 Å². The van der Waals surface area contributed by atoms with Crippen LogP contribution in [-0.4, -0.2) is 23.1 Å². The monoisotopic (exact) mass is 352 g/mol. The van der Waals surface area contributed by atoms with E-state index >= 15 is 0 Å². The molecule has 0 fully saturated rings. The van der Waals surface area contributed by atoms with Gasteiger partial charge in [0, 0.05) is 17.1 Å². The average molecular weight is 352 g/mol. The van der Waals surface area contributed by atoms with E-state index in [1.807, 2.05) is 55.5 Å². The van der Waals surface area contributed by atoms with Crippen LogP contribution in [0.25, 0.3) is 10.9 Å². The SMILES string of the molecule is Cc1ccc2[nH]cc(OC(=O)[C@H](C)NC(=O)OCc3ccccc3)c2c1. The highest BCUT2D eigenvalue weighted by molar-refractivity contribution is 5.90. The number of aromatic nitrogens is 1. The quantitative estimate of drug-likeness (QED) is 0.686. The Kier molecular flexibility index (Phi) is 5.22.